The van der Waals surface area contributed by atoms with Crippen LogP contribution in [-0.2, 0) is 24.1 Å². The molecule has 0 aromatic heterocycles. The fraction of sp³-hybridized carbons (Fsp3) is 0.394. The summed E-state index contributed by atoms with van der Waals surface area (Å²) >= 11 is 5.35. The number of hydrogen-bond donors (Lipinski definition) is 2. The Morgan fingerprint density at radius 1 is 1.10 bits per heavy atom. The lowest BCUT2D eigenvalue weighted by Gasteiger charge is -2.25. The maximum absolute atomic E-state index is 14.9. The van der Waals surface area contributed by atoms with Crippen molar-refractivity contribution in [3.8, 4) is 16.9 Å². The number of rotatable bonds is 4. The quantitative estimate of drug-likeness (QED) is 0.310. The Balaban J connectivity index is 0.000000266. The lowest BCUT2D eigenvalue weighted by Crippen LogP contribution is -2.14. The number of hydrogen-bond acceptors (Lipinski definition) is 5. The van der Waals surface area contributed by atoms with Crippen LogP contribution in [0.4, 0.5) is 14.5 Å². The maximum atomic E-state index is 14.9. The van der Waals surface area contributed by atoms with Crippen molar-refractivity contribution < 1.29 is 33.3 Å². The van der Waals surface area contributed by atoms with Crippen LogP contribution in [0.1, 0.15) is 65.4 Å². The van der Waals surface area contributed by atoms with Crippen LogP contribution in [0.25, 0.3) is 11.1 Å². The van der Waals surface area contributed by atoms with E-state index in [0.717, 1.165) is 76.5 Å². The van der Waals surface area contributed by atoms with Crippen molar-refractivity contribution in [2.75, 3.05) is 25.1 Å². The summed E-state index contributed by atoms with van der Waals surface area (Å²) in [5, 5.41) is 18.0. The number of fused-ring (bicyclic) bond motifs is 2. The molecule has 0 fully saturated rings. The number of ether oxygens (including phenoxy) is 1. The zero-order chi connectivity index (χ0) is 31.4. The first-order valence-corrected chi connectivity index (χ1v) is 14.2. The number of likely N-dealkylation sites (N-methyl/N-ethyl adjacent to an activating group) is 1. The van der Waals surface area contributed by atoms with Gasteiger partial charge in [-0.05, 0) is 112 Å². The number of halogens is 3. The monoisotopic (exact) mass is 601 g/mol. The van der Waals surface area contributed by atoms with Gasteiger partial charge in [0.1, 0.15) is 12.1 Å². The van der Waals surface area contributed by atoms with Crippen molar-refractivity contribution in [1.29, 1.82) is 0 Å². The molecule has 0 amide bonds. The Labute approximate surface area is 250 Å². The Kier molecular flexibility index (Phi) is 10.7. The first kappa shape index (κ1) is 33.0. The van der Waals surface area contributed by atoms with E-state index >= 15 is 0 Å². The third kappa shape index (κ3) is 8.07. The minimum absolute atomic E-state index is 0.0330. The average Bonchev–Trinajstić information content (AvgIpc) is 3.27. The number of carboxylic acids is 1. The largest absolute Gasteiger partial charge is 0.490 e. The van der Waals surface area contributed by atoms with Crippen LogP contribution < -0.4 is 9.64 Å². The minimum Gasteiger partial charge on any atom is -0.490 e. The molecule has 5 rings (SSSR count). The molecule has 6 nitrogen and oxygen atoms in total. The number of carbonyl (C=O) groups is 2. The van der Waals surface area contributed by atoms with Crippen LogP contribution in [0.3, 0.4) is 0 Å². The zero-order valence-electron chi connectivity index (χ0n) is 24.9. The summed E-state index contributed by atoms with van der Waals surface area (Å²) in [6, 6.07) is 7.50. The second-order valence-electron chi connectivity index (χ2n) is 11.5. The van der Waals surface area contributed by atoms with E-state index in [4.69, 9.17) is 21.4 Å². The second-order valence-corrected chi connectivity index (χ2v) is 11.9. The van der Waals surface area contributed by atoms with Crippen molar-refractivity contribution >= 4 is 29.5 Å². The highest BCUT2D eigenvalue weighted by molar-refractivity contribution is 6.30. The number of benzene rings is 3. The molecule has 9 heteroatoms. The lowest BCUT2D eigenvalue weighted by molar-refractivity contribution is -0.136. The highest BCUT2D eigenvalue weighted by Gasteiger charge is 2.28. The summed E-state index contributed by atoms with van der Waals surface area (Å²) in [7, 11) is 2.04. The van der Waals surface area contributed by atoms with Gasteiger partial charge in [-0.1, -0.05) is 17.7 Å². The molecule has 0 atom stereocenters. The summed E-state index contributed by atoms with van der Waals surface area (Å²) in [6.45, 7) is 10.6. The molecule has 0 radical (unpaired) electrons. The number of aliphatic carboxylic acids is 1. The van der Waals surface area contributed by atoms with Gasteiger partial charge in [-0.2, -0.15) is 0 Å². The van der Waals surface area contributed by atoms with Crippen LogP contribution in [0.5, 0.6) is 5.75 Å². The van der Waals surface area contributed by atoms with Crippen LogP contribution in [0, 0.1) is 25.5 Å². The van der Waals surface area contributed by atoms with Crippen LogP contribution in [0.2, 0.25) is 5.02 Å². The summed E-state index contributed by atoms with van der Waals surface area (Å²) in [5.74, 6) is -1.42. The molecule has 3 aromatic rings. The van der Waals surface area contributed by atoms with Gasteiger partial charge in [0.25, 0.3) is 0 Å². The number of carbonyl (C=O) groups excluding carboxylic acids is 1. The van der Waals surface area contributed by atoms with Gasteiger partial charge in [-0.15, -0.1) is 0 Å². The molecule has 2 aliphatic heterocycles. The van der Waals surface area contributed by atoms with Gasteiger partial charge in [0, 0.05) is 30.4 Å². The molecule has 3 aromatic carbocycles. The number of aldehydes is 1. The van der Waals surface area contributed by atoms with Gasteiger partial charge < -0.3 is 19.8 Å². The summed E-state index contributed by atoms with van der Waals surface area (Å²) in [4.78, 5) is 23.8. The molecule has 0 saturated heterocycles. The highest BCUT2D eigenvalue weighted by atomic mass is 35.5. The fourth-order valence-corrected chi connectivity index (χ4v) is 5.21. The number of aliphatic hydroxyl groups is 1. The SMILES string of the molecule is CC(C)(C)O.Cc1cc2c(c(-c3cc(F)c4c(c3C)CCCO4)c1CC(=O)O)CCN2C.O=Cc1ccc(Cl)c(F)c1. The molecule has 2 N–H and O–H groups in total. The Hall–Kier alpha value is -3.49. The van der Waals surface area contributed by atoms with Crippen molar-refractivity contribution in [2.45, 2.75) is 65.9 Å². The maximum Gasteiger partial charge on any atom is 0.307 e. The zero-order valence-corrected chi connectivity index (χ0v) is 25.7. The Morgan fingerprint density at radius 2 is 1.76 bits per heavy atom. The summed E-state index contributed by atoms with van der Waals surface area (Å²) < 4.78 is 32.9. The number of nitrogens with zero attached hydrogens (tertiary/aromatic N) is 1. The van der Waals surface area contributed by atoms with Gasteiger partial charge in [-0.25, -0.2) is 8.78 Å². The van der Waals surface area contributed by atoms with E-state index in [1.165, 1.54) is 18.2 Å². The van der Waals surface area contributed by atoms with Gasteiger partial charge >= 0.3 is 5.97 Å². The van der Waals surface area contributed by atoms with Crippen molar-refractivity contribution in [3.05, 3.63) is 80.4 Å². The fourth-order valence-electron chi connectivity index (χ4n) is 5.09. The molecule has 0 aliphatic carbocycles. The predicted molar refractivity (Wildman–Crippen MR) is 162 cm³/mol. The molecule has 0 spiro atoms. The van der Waals surface area contributed by atoms with Crippen molar-refractivity contribution in [3.63, 3.8) is 0 Å². The number of anilines is 1. The van der Waals surface area contributed by atoms with E-state index in [1.807, 2.05) is 20.9 Å². The number of carboxylic acid groups (broad SMARTS) is 1. The van der Waals surface area contributed by atoms with Crippen molar-refractivity contribution in [1.82, 2.24) is 0 Å². The van der Waals surface area contributed by atoms with E-state index in [-0.39, 0.29) is 17.3 Å². The molecular weight excluding hydrogens is 564 g/mol. The molecule has 0 saturated carbocycles. The topological polar surface area (TPSA) is 87.1 Å². The van der Waals surface area contributed by atoms with Gasteiger partial charge in [-0.3, -0.25) is 9.59 Å². The third-order valence-corrected chi connectivity index (χ3v) is 7.27. The summed E-state index contributed by atoms with van der Waals surface area (Å²) in [6.07, 6.45) is 3.00. The van der Waals surface area contributed by atoms with E-state index in [1.54, 1.807) is 20.8 Å². The summed E-state index contributed by atoms with van der Waals surface area (Å²) in [5.41, 5.74) is 7.39. The van der Waals surface area contributed by atoms with Crippen LogP contribution in [-0.4, -0.2) is 48.3 Å². The van der Waals surface area contributed by atoms with Gasteiger partial charge in [0.15, 0.2) is 11.6 Å². The molecule has 226 valence electrons. The molecule has 42 heavy (non-hydrogen) atoms. The predicted octanol–water partition coefficient (Wildman–Crippen LogP) is 7.12. The lowest BCUT2D eigenvalue weighted by atomic mass is 9.84. The third-order valence-electron chi connectivity index (χ3n) is 6.96. The second kappa shape index (κ2) is 13.7. The van der Waals surface area contributed by atoms with E-state index in [0.29, 0.717) is 24.2 Å². The molecule has 2 aliphatic rings. The standard InChI is InChI=1S/C22H24FNO3.C7H4ClFO.C4H10O/c1-12-9-19-15(6-7-24(19)3)21(16(12)11-20(25)26)17-10-18(23)22-14(13(17)2)5-4-8-27-22;8-6-2-1-5(4-10)3-7(6)9;1-4(2,3)5/h9-10H,4-8,11H2,1-3H3,(H,25,26);1-4H;5H,1-3H3. The minimum atomic E-state index is -0.870. The van der Waals surface area contributed by atoms with Gasteiger partial charge in [0.05, 0.1) is 23.7 Å². The normalized spacial score (nSPS) is 13.5. The first-order chi connectivity index (χ1) is 19.6. The Morgan fingerprint density at radius 3 is 2.36 bits per heavy atom. The Bertz CT molecular complexity index is 1480. The van der Waals surface area contributed by atoms with E-state index in [2.05, 4.69) is 11.0 Å². The first-order valence-electron chi connectivity index (χ1n) is 13.8. The van der Waals surface area contributed by atoms with Crippen LogP contribution >= 0.6 is 11.6 Å². The molecule has 0 bridgehead atoms. The van der Waals surface area contributed by atoms with E-state index < -0.39 is 17.4 Å². The number of aryl methyl sites for hydroxylation is 1. The molecule has 2 heterocycles. The van der Waals surface area contributed by atoms with Gasteiger partial charge in [0.2, 0.25) is 0 Å². The van der Waals surface area contributed by atoms with Crippen molar-refractivity contribution in [2.24, 2.45) is 0 Å². The smallest absolute Gasteiger partial charge is 0.307 e. The molecular formula is C33H38ClF2NO5. The highest BCUT2D eigenvalue weighted by Crippen LogP contribution is 2.44. The average molecular weight is 602 g/mol. The van der Waals surface area contributed by atoms with E-state index in [9.17, 15) is 23.5 Å². The molecule has 0 unspecified atom stereocenters. The van der Waals surface area contributed by atoms with Crippen LogP contribution in [0.15, 0.2) is 30.3 Å².